The molecule has 0 radical (unpaired) electrons. The lowest BCUT2D eigenvalue weighted by molar-refractivity contribution is -0.239. The summed E-state index contributed by atoms with van der Waals surface area (Å²) < 4.78 is 29.3. The van der Waals surface area contributed by atoms with Crippen LogP contribution in [0.15, 0.2) is 0 Å². The Morgan fingerprint density at radius 3 is 2.26 bits per heavy atom. The van der Waals surface area contributed by atoms with Crippen molar-refractivity contribution in [2.45, 2.75) is 82.6 Å². The molecule has 6 nitrogen and oxygen atoms in total. The fourth-order valence-corrected chi connectivity index (χ4v) is 3.72. The van der Waals surface area contributed by atoms with Crippen LogP contribution in [0.4, 0.5) is 0 Å². The summed E-state index contributed by atoms with van der Waals surface area (Å²) in [6.07, 6.45) is -0.852. The zero-order valence-electron chi connectivity index (χ0n) is 15.5. The lowest BCUT2D eigenvalue weighted by Crippen LogP contribution is -2.54. The van der Waals surface area contributed by atoms with Gasteiger partial charge < -0.3 is 23.4 Å². The van der Waals surface area contributed by atoms with Gasteiger partial charge in [-0.1, -0.05) is 20.8 Å². The van der Waals surface area contributed by atoms with Gasteiger partial charge in [0.1, 0.15) is 12.2 Å². The van der Waals surface area contributed by atoms with Crippen LogP contribution in [0.3, 0.4) is 0 Å². The second kappa shape index (κ2) is 5.89. The maximum atomic E-state index is 11.9. The largest absolute Gasteiger partial charge is 0.413 e. The first kappa shape index (κ1) is 19.0. The molecule has 2 rings (SSSR count). The monoisotopic (exact) mass is 346 g/mol. The molecule has 0 aromatic heterocycles. The summed E-state index contributed by atoms with van der Waals surface area (Å²) in [7, 11) is -0.467. The van der Waals surface area contributed by atoms with Crippen molar-refractivity contribution in [1.29, 1.82) is 0 Å². The fraction of sp³-hybridized carbons (Fsp3) is 0.938. The number of carbonyl (C=O) groups excluding carboxylic acids is 1. The van der Waals surface area contributed by atoms with Gasteiger partial charge in [0, 0.05) is 7.11 Å². The van der Waals surface area contributed by atoms with Gasteiger partial charge in [0.2, 0.25) is 0 Å². The predicted molar refractivity (Wildman–Crippen MR) is 87.7 cm³/mol. The van der Waals surface area contributed by atoms with Crippen molar-refractivity contribution < 1.29 is 28.2 Å². The number of rotatable bonds is 5. The van der Waals surface area contributed by atoms with Crippen molar-refractivity contribution in [2.75, 3.05) is 13.7 Å². The minimum Gasteiger partial charge on any atom is -0.413 e. The Hall–Kier alpha value is -0.313. The van der Waals surface area contributed by atoms with E-state index in [1.807, 2.05) is 13.8 Å². The third-order valence-corrected chi connectivity index (χ3v) is 9.60. The number of ether oxygens (including phenoxy) is 4. The van der Waals surface area contributed by atoms with Crippen molar-refractivity contribution in [3.63, 3.8) is 0 Å². The molecule has 134 valence electrons. The molecule has 0 aliphatic carbocycles. The van der Waals surface area contributed by atoms with Crippen molar-refractivity contribution in [2.24, 2.45) is 0 Å². The number of methoxy groups -OCH3 is 1. The summed E-state index contributed by atoms with van der Waals surface area (Å²) in [4.78, 5) is 11.9. The van der Waals surface area contributed by atoms with Crippen LogP contribution in [0.5, 0.6) is 0 Å². The molecule has 0 N–H and O–H groups in total. The number of aldehydes is 1. The first-order valence-electron chi connectivity index (χ1n) is 8.04. The maximum absolute atomic E-state index is 11.9. The lowest BCUT2D eigenvalue weighted by Gasteiger charge is -2.39. The molecule has 2 heterocycles. The molecule has 0 aromatic carbocycles. The van der Waals surface area contributed by atoms with Crippen LogP contribution >= 0.6 is 0 Å². The predicted octanol–water partition coefficient (Wildman–Crippen LogP) is 2.47. The van der Waals surface area contributed by atoms with Crippen molar-refractivity contribution >= 4 is 14.6 Å². The highest BCUT2D eigenvalue weighted by Crippen LogP contribution is 2.44. The third-order valence-electron chi connectivity index (χ3n) is 5.12. The Labute approximate surface area is 139 Å². The van der Waals surface area contributed by atoms with Gasteiger partial charge >= 0.3 is 0 Å². The molecule has 0 aromatic rings. The van der Waals surface area contributed by atoms with Gasteiger partial charge in [0.05, 0.1) is 6.61 Å². The van der Waals surface area contributed by atoms with Crippen LogP contribution in [0, 0.1) is 0 Å². The Kier molecular flexibility index (Phi) is 4.87. The van der Waals surface area contributed by atoms with E-state index in [0.29, 0.717) is 0 Å². The molecule has 2 aliphatic heterocycles. The van der Waals surface area contributed by atoms with Gasteiger partial charge in [-0.3, -0.25) is 4.79 Å². The summed E-state index contributed by atoms with van der Waals surface area (Å²) in [6.45, 7) is 14.5. The molecule has 0 spiro atoms. The fourth-order valence-electron chi connectivity index (χ4n) is 2.70. The Morgan fingerprint density at radius 1 is 1.17 bits per heavy atom. The maximum Gasteiger partial charge on any atom is 0.192 e. The Bertz CT molecular complexity index is 458. The average Bonchev–Trinajstić information content (AvgIpc) is 2.83. The molecule has 2 aliphatic rings. The highest BCUT2D eigenvalue weighted by Gasteiger charge is 2.63. The van der Waals surface area contributed by atoms with Crippen LogP contribution < -0.4 is 0 Å². The molecule has 0 unspecified atom stereocenters. The van der Waals surface area contributed by atoms with Crippen molar-refractivity contribution in [1.82, 2.24) is 0 Å². The quantitative estimate of drug-likeness (QED) is 0.563. The normalized spacial score (nSPS) is 37.0. The zero-order chi connectivity index (χ0) is 17.7. The minimum atomic E-state index is -2.02. The Balaban J connectivity index is 2.17. The molecule has 0 amide bonds. The Morgan fingerprint density at radius 2 is 1.78 bits per heavy atom. The molecule has 4 atom stereocenters. The molecule has 2 fully saturated rings. The summed E-state index contributed by atoms with van der Waals surface area (Å²) in [5.74, 6) is -0.749. The second-order valence-electron chi connectivity index (χ2n) is 8.36. The number of hydrogen-bond acceptors (Lipinski definition) is 6. The first-order chi connectivity index (χ1) is 10.4. The van der Waals surface area contributed by atoms with Crippen LogP contribution in [-0.2, 0) is 28.2 Å². The highest BCUT2D eigenvalue weighted by atomic mass is 28.4. The lowest BCUT2D eigenvalue weighted by atomic mass is 9.98. The minimum absolute atomic E-state index is 0.0448. The van der Waals surface area contributed by atoms with Gasteiger partial charge in [-0.05, 0) is 32.0 Å². The standard InChI is InChI=1S/C16H30O6Si/c1-14(2,3)23(7,8)19-10-16(9-17)12(18-6)11-13(22-16)21-15(4,5)20-11/h9,11-13H,10H2,1-8H3/t11-,12+,13+,16+/m1/s1. The van der Waals surface area contributed by atoms with E-state index in [9.17, 15) is 4.79 Å². The van der Waals surface area contributed by atoms with Crippen LogP contribution in [0.25, 0.3) is 0 Å². The number of hydrogen-bond donors (Lipinski definition) is 0. The highest BCUT2D eigenvalue weighted by molar-refractivity contribution is 6.74. The first-order valence-corrected chi connectivity index (χ1v) is 10.9. The molecule has 7 heteroatoms. The van der Waals surface area contributed by atoms with Crippen LogP contribution in [-0.4, -0.2) is 58.2 Å². The van der Waals surface area contributed by atoms with Gasteiger partial charge in [0.15, 0.2) is 32.3 Å². The molecular weight excluding hydrogens is 316 g/mol. The van der Waals surface area contributed by atoms with Gasteiger partial charge in [-0.2, -0.15) is 0 Å². The van der Waals surface area contributed by atoms with Gasteiger partial charge in [-0.15, -0.1) is 0 Å². The van der Waals surface area contributed by atoms with E-state index in [0.717, 1.165) is 6.29 Å². The molecule has 23 heavy (non-hydrogen) atoms. The number of carbonyl (C=O) groups is 1. The van der Waals surface area contributed by atoms with Gasteiger partial charge in [-0.25, -0.2) is 0 Å². The SMILES string of the molecule is CO[C@H]1[C@H]2OC(C)(C)O[C@H]2O[C@@]1(C=O)CO[Si](C)(C)C(C)(C)C. The van der Waals surface area contributed by atoms with E-state index < -0.39 is 38.2 Å². The van der Waals surface area contributed by atoms with E-state index in [1.165, 1.54) is 0 Å². The molecule has 2 saturated heterocycles. The van der Waals surface area contributed by atoms with E-state index in [1.54, 1.807) is 7.11 Å². The second-order valence-corrected chi connectivity index (χ2v) is 13.2. The molecular formula is C16H30O6Si. The molecule has 0 bridgehead atoms. The van der Waals surface area contributed by atoms with E-state index in [4.69, 9.17) is 23.4 Å². The topological polar surface area (TPSA) is 63.2 Å². The summed E-state index contributed by atoms with van der Waals surface area (Å²) >= 11 is 0. The summed E-state index contributed by atoms with van der Waals surface area (Å²) in [6, 6.07) is 0. The zero-order valence-corrected chi connectivity index (χ0v) is 16.5. The van der Waals surface area contributed by atoms with Crippen molar-refractivity contribution in [3.05, 3.63) is 0 Å². The summed E-state index contributed by atoms with van der Waals surface area (Å²) in [5.41, 5.74) is -1.20. The van der Waals surface area contributed by atoms with Crippen molar-refractivity contribution in [3.8, 4) is 0 Å². The molecule has 0 saturated carbocycles. The summed E-state index contributed by atoms with van der Waals surface area (Å²) in [5, 5.41) is 0.0448. The van der Waals surface area contributed by atoms with Gasteiger partial charge in [0.25, 0.3) is 0 Å². The van der Waals surface area contributed by atoms with Crippen LogP contribution in [0.2, 0.25) is 18.1 Å². The third kappa shape index (κ3) is 3.40. The van der Waals surface area contributed by atoms with Crippen LogP contribution in [0.1, 0.15) is 34.6 Å². The van der Waals surface area contributed by atoms with E-state index >= 15 is 0 Å². The average molecular weight is 346 g/mol. The number of fused-ring (bicyclic) bond motifs is 1. The smallest absolute Gasteiger partial charge is 0.192 e. The van der Waals surface area contributed by atoms with E-state index in [2.05, 4.69) is 33.9 Å². The van der Waals surface area contributed by atoms with E-state index in [-0.39, 0.29) is 11.6 Å².